The number of thioether (sulfide) groups is 1. The lowest BCUT2D eigenvalue weighted by Crippen LogP contribution is -2.19. The van der Waals surface area contributed by atoms with Crippen molar-refractivity contribution in [2.45, 2.75) is 24.0 Å². The Hall–Kier alpha value is -0.530. The Bertz CT molecular complexity index is 567. The van der Waals surface area contributed by atoms with Crippen LogP contribution in [0.4, 0.5) is 0 Å². The average molecular weight is 367 g/mol. The van der Waals surface area contributed by atoms with Gasteiger partial charge in [0.25, 0.3) is 0 Å². The van der Waals surface area contributed by atoms with Crippen LogP contribution in [0.5, 0.6) is 0 Å². The van der Waals surface area contributed by atoms with Gasteiger partial charge in [0.2, 0.25) is 0 Å². The summed E-state index contributed by atoms with van der Waals surface area (Å²) in [6.07, 6.45) is 0. The molecule has 0 atom stereocenters. The summed E-state index contributed by atoms with van der Waals surface area (Å²) in [6.45, 7) is 3.28. The first-order valence-corrected chi connectivity index (χ1v) is 9.10. The van der Waals surface area contributed by atoms with Crippen LogP contribution in [-0.2, 0) is 9.84 Å². The van der Waals surface area contributed by atoms with Crippen LogP contribution in [0.3, 0.4) is 0 Å². The first-order valence-electron chi connectivity index (χ1n) is 5.61. The highest BCUT2D eigenvalue weighted by molar-refractivity contribution is 9.10. The topological polar surface area (TPSA) is 71.4 Å². The van der Waals surface area contributed by atoms with Crippen LogP contribution in [0.2, 0.25) is 0 Å². The number of carbonyl (C=O) groups is 1. The molecule has 1 N–H and O–H groups in total. The average Bonchev–Trinajstić information content (AvgIpc) is 2.28. The third-order valence-electron chi connectivity index (χ3n) is 2.52. The minimum atomic E-state index is -3.09. The van der Waals surface area contributed by atoms with E-state index in [1.54, 1.807) is 26.0 Å². The van der Waals surface area contributed by atoms with E-state index in [-0.39, 0.29) is 11.3 Å². The monoisotopic (exact) mass is 366 g/mol. The van der Waals surface area contributed by atoms with Crippen LogP contribution in [0, 0.1) is 0 Å². The highest BCUT2D eigenvalue weighted by Gasteiger charge is 2.17. The highest BCUT2D eigenvalue weighted by Crippen LogP contribution is 2.27. The summed E-state index contributed by atoms with van der Waals surface area (Å²) in [5.74, 6) is -0.625. The Morgan fingerprint density at radius 3 is 2.58 bits per heavy atom. The molecule has 0 unspecified atom stereocenters. The minimum Gasteiger partial charge on any atom is -0.478 e. The summed E-state index contributed by atoms with van der Waals surface area (Å²) in [5, 5.41) is 8.65. The number of benzene rings is 1. The zero-order chi connectivity index (χ0) is 14.6. The van der Waals surface area contributed by atoms with E-state index in [9.17, 15) is 13.2 Å². The maximum absolute atomic E-state index is 11.7. The molecule has 0 aliphatic rings. The van der Waals surface area contributed by atoms with Crippen molar-refractivity contribution in [3.63, 3.8) is 0 Å². The van der Waals surface area contributed by atoms with Crippen molar-refractivity contribution in [2.24, 2.45) is 0 Å². The maximum atomic E-state index is 11.7. The van der Waals surface area contributed by atoms with E-state index in [0.29, 0.717) is 10.6 Å². The van der Waals surface area contributed by atoms with Crippen molar-refractivity contribution in [1.29, 1.82) is 0 Å². The summed E-state index contributed by atoms with van der Waals surface area (Å²) in [6, 6.07) is 4.85. The van der Waals surface area contributed by atoms with Gasteiger partial charge < -0.3 is 5.11 Å². The van der Waals surface area contributed by atoms with Gasteiger partial charge in [0.1, 0.15) is 0 Å². The molecule has 0 aromatic heterocycles. The highest BCUT2D eigenvalue weighted by atomic mass is 79.9. The third-order valence-corrected chi connectivity index (χ3v) is 6.54. The van der Waals surface area contributed by atoms with Crippen molar-refractivity contribution < 1.29 is 18.3 Å². The number of carboxylic acids is 1. The molecule has 1 aromatic carbocycles. The van der Waals surface area contributed by atoms with Gasteiger partial charge in [-0.15, -0.1) is 11.8 Å². The lowest BCUT2D eigenvalue weighted by Gasteiger charge is -2.09. The summed E-state index contributed by atoms with van der Waals surface area (Å²) in [7, 11) is -3.09. The lowest BCUT2D eigenvalue weighted by molar-refractivity contribution is 0.0693. The van der Waals surface area contributed by atoms with E-state index in [1.807, 2.05) is 0 Å². The Labute approximate surface area is 125 Å². The van der Waals surface area contributed by atoms with Crippen LogP contribution in [0.15, 0.2) is 27.6 Å². The van der Waals surface area contributed by atoms with Crippen LogP contribution < -0.4 is 0 Å². The molecular formula is C12H15BrO4S2. The largest absolute Gasteiger partial charge is 0.478 e. The molecule has 0 bridgehead atoms. The maximum Gasteiger partial charge on any atom is 0.336 e. The number of hydrogen-bond acceptors (Lipinski definition) is 4. The smallest absolute Gasteiger partial charge is 0.336 e. The summed E-state index contributed by atoms with van der Waals surface area (Å²) in [4.78, 5) is 11.6. The van der Waals surface area contributed by atoms with E-state index >= 15 is 0 Å². The van der Waals surface area contributed by atoms with Crippen LogP contribution in [-0.4, -0.2) is 36.2 Å². The fraction of sp³-hybridized carbons (Fsp3) is 0.417. The Morgan fingerprint density at radius 2 is 2.05 bits per heavy atom. The third kappa shape index (κ3) is 4.81. The second-order valence-electron chi connectivity index (χ2n) is 4.21. The quantitative estimate of drug-likeness (QED) is 0.783. The van der Waals surface area contributed by atoms with Gasteiger partial charge in [0, 0.05) is 15.1 Å². The molecule has 0 aliphatic heterocycles. The predicted octanol–water partition coefficient (Wildman–Crippen LogP) is 3.06. The predicted molar refractivity (Wildman–Crippen MR) is 80.7 cm³/mol. The standard InChI is InChI=1S/C12H15BrO4S2/c1-8(2)19(16,17)6-5-18-11-7-9(13)3-4-10(11)12(14)15/h3-4,7-8H,5-6H2,1-2H3,(H,14,15). The summed E-state index contributed by atoms with van der Waals surface area (Å²) in [5.41, 5.74) is 0.190. The van der Waals surface area contributed by atoms with Gasteiger partial charge in [0.15, 0.2) is 9.84 Å². The number of halogens is 1. The van der Waals surface area contributed by atoms with Crippen molar-refractivity contribution >= 4 is 43.5 Å². The van der Waals surface area contributed by atoms with Gasteiger partial charge in [-0.05, 0) is 32.0 Å². The Kier molecular flexibility index (Phi) is 5.88. The fourth-order valence-corrected chi connectivity index (χ4v) is 4.28. The van der Waals surface area contributed by atoms with Gasteiger partial charge in [-0.3, -0.25) is 0 Å². The molecule has 0 saturated carbocycles. The van der Waals surface area contributed by atoms with Crippen LogP contribution in [0.1, 0.15) is 24.2 Å². The molecule has 7 heteroatoms. The molecule has 0 amide bonds. The molecule has 0 spiro atoms. The zero-order valence-corrected chi connectivity index (χ0v) is 13.8. The summed E-state index contributed by atoms with van der Waals surface area (Å²) >= 11 is 4.52. The molecule has 106 valence electrons. The molecule has 4 nitrogen and oxygen atoms in total. The molecule has 1 aromatic rings. The number of hydrogen-bond donors (Lipinski definition) is 1. The van der Waals surface area contributed by atoms with Gasteiger partial charge in [0.05, 0.1) is 16.6 Å². The molecule has 0 heterocycles. The van der Waals surface area contributed by atoms with Crippen molar-refractivity contribution in [2.75, 3.05) is 11.5 Å². The molecule has 0 fully saturated rings. The van der Waals surface area contributed by atoms with Gasteiger partial charge in [-0.2, -0.15) is 0 Å². The SMILES string of the molecule is CC(C)S(=O)(=O)CCSc1cc(Br)ccc1C(=O)O. The molecule has 1 rings (SSSR count). The number of rotatable bonds is 6. The van der Waals surface area contributed by atoms with E-state index in [1.165, 1.54) is 17.8 Å². The van der Waals surface area contributed by atoms with E-state index in [0.717, 1.165) is 4.47 Å². The molecule has 19 heavy (non-hydrogen) atoms. The van der Waals surface area contributed by atoms with Crippen molar-refractivity contribution in [3.8, 4) is 0 Å². The Balaban J connectivity index is 2.78. The van der Waals surface area contributed by atoms with Gasteiger partial charge in [-0.25, -0.2) is 13.2 Å². The van der Waals surface area contributed by atoms with E-state index < -0.39 is 21.1 Å². The zero-order valence-electron chi connectivity index (χ0n) is 10.6. The van der Waals surface area contributed by atoms with Gasteiger partial charge in [-0.1, -0.05) is 15.9 Å². The second-order valence-corrected chi connectivity index (χ2v) is 8.94. The number of aromatic carboxylic acids is 1. The number of sulfone groups is 1. The summed E-state index contributed by atoms with van der Waals surface area (Å²) < 4.78 is 24.1. The normalized spacial score (nSPS) is 11.8. The van der Waals surface area contributed by atoms with Crippen LogP contribution >= 0.6 is 27.7 Å². The van der Waals surface area contributed by atoms with E-state index in [2.05, 4.69) is 15.9 Å². The molecule has 0 saturated heterocycles. The van der Waals surface area contributed by atoms with Crippen molar-refractivity contribution in [3.05, 3.63) is 28.2 Å². The van der Waals surface area contributed by atoms with E-state index in [4.69, 9.17) is 5.11 Å². The van der Waals surface area contributed by atoms with Gasteiger partial charge >= 0.3 is 5.97 Å². The lowest BCUT2D eigenvalue weighted by atomic mass is 10.2. The minimum absolute atomic E-state index is 0.0426. The molecule has 0 aliphatic carbocycles. The van der Waals surface area contributed by atoms with Crippen molar-refractivity contribution in [1.82, 2.24) is 0 Å². The number of carboxylic acid groups (broad SMARTS) is 1. The first kappa shape index (κ1) is 16.5. The first-order chi connectivity index (χ1) is 8.74. The molecule has 0 radical (unpaired) electrons. The Morgan fingerprint density at radius 1 is 1.42 bits per heavy atom. The second kappa shape index (κ2) is 6.76. The van der Waals surface area contributed by atoms with Crippen LogP contribution in [0.25, 0.3) is 0 Å². The molecular weight excluding hydrogens is 352 g/mol. The fourth-order valence-electron chi connectivity index (χ4n) is 1.30.